The van der Waals surface area contributed by atoms with Crippen LogP contribution < -0.4 is 0 Å². The van der Waals surface area contributed by atoms with Crippen LogP contribution in [0.4, 0.5) is 0 Å². The van der Waals surface area contributed by atoms with Gasteiger partial charge in [-0.1, -0.05) is 134 Å². The Hall–Kier alpha value is -3.74. The average molecular weight is 713 g/mol. The van der Waals surface area contributed by atoms with Crippen LogP contribution in [0.3, 0.4) is 0 Å². The van der Waals surface area contributed by atoms with Crippen LogP contribution in [0, 0.1) is 23.7 Å². The third kappa shape index (κ3) is 14.0. The van der Waals surface area contributed by atoms with E-state index in [9.17, 15) is 9.59 Å². The van der Waals surface area contributed by atoms with Gasteiger partial charge in [0.2, 0.25) is 0 Å². The molecule has 0 bridgehead atoms. The summed E-state index contributed by atoms with van der Waals surface area (Å²) in [6, 6.07) is 27.0. The quantitative estimate of drug-likeness (QED) is 0.134. The molecule has 6 nitrogen and oxygen atoms in total. The maximum absolute atomic E-state index is 12.6. The number of benzene rings is 4. The molecule has 52 heavy (non-hydrogen) atoms. The molecule has 2 saturated carbocycles. The number of rotatable bonds is 8. The highest BCUT2D eigenvalue weighted by Gasteiger charge is 2.21. The summed E-state index contributed by atoms with van der Waals surface area (Å²) < 4.78 is 21.1. The first-order chi connectivity index (χ1) is 25.0. The van der Waals surface area contributed by atoms with Crippen LogP contribution in [0.5, 0.6) is 0 Å². The van der Waals surface area contributed by atoms with Crippen molar-refractivity contribution in [1.82, 2.24) is 0 Å². The summed E-state index contributed by atoms with van der Waals surface area (Å²) in [6.45, 7) is 13.6. The van der Waals surface area contributed by atoms with Crippen molar-refractivity contribution in [2.75, 3.05) is 27.4 Å². The molecule has 284 valence electrons. The molecule has 0 amide bonds. The van der Waals surface area contributed by atoms with Crippen molar-refractivity contribution in [3.63, 3.8) is 0 Å². The Morgan fingerprint density at radius 2 is 0.981 bits per heavy atom. The fraction of sp³-hybridized carbons (Fsp3) is 0.522. The lowest BCUT2D eigenvalue weighted by Gasteiger charge is -2.26. The van der Waals surface area contributed by atoms with Gasteiger partial charge in [-0.05, 0) is 89.1 Å². The van der Waals surface area contributed by atoms with Crippen LogP contribution >= 0.6 is 0 Å². The molecular weight excluding hydrogens is 649 g/mol. The lowest BCUT2D eigenvalue weighted by molar-refractivity contribution is 0.0309. The second-order valence-electron chi connectivity index (χ2n) is 15.1. The van der Waals surface area contributed by atoms with E-state index in [0.29, 0.717) is 48.4 Å². The van der Waals surface area contributed by atoms with Gasteiger partial charge in [0.05, 0.1) is 36.5 Å². The fourth-order valence-electron chi connectivity index (χ4n) is 6.71. The molecule has 4 aromatic rings. The highest BCUT2D eigenvalue weighted by atomic mass is 16.5. The van der Waals surface area contributed by atoms with Crippen molar-refractivity contribution < 1.29 is 28.5 Å². The number of carbonyl (C=O) groups is 2. The Morgan fingerprint density at radius 1 is 0.577 bits per heavy atom. The molecule has 0 spiro atoms. The highest BCUT2D eigenvalue weighted by molar-refractivity contribution is 6.16. The molecule has 0 radical (unpaired) electrons. The Labute approximate surface area is 313 Å². The lowest BCUT2D eigenvalue weighted by atomic mass is 9.88. The molecule has 0 saturated heterocycles. The van der Waals surface area contributed by atoms with Gasteiger partial charge in [-0.3, -0.25) is 0 Å². The van der Waals surface area contributed by atoms with Crippen molar-refractivity contribution in [3.8, 4) is 0 Å². The third-order valence-corrected chi connectivity index (χ3v) is 9.75. The summed E-state index contributed by atoms with van der Waals surface area (Å²) >= 11 is 0. The fourth-order valence-corrected chi connectivity index (χ4v) is 6.71. The van der Waals surface area contributed by atoms with Gasteiger partial charge < -0.3 is 18.9 Å². The SMILES string of the molecule is CC(C)COC(=O)c1c2ccccc2cc2ccccc12.CC(C)COC(=O)c1ccccc1.COC1CCCCC1C.COC1CCCCC1C. The topological polar surface area (TPSA) is 71.1 Å². The number of hydrogen-bond donors (Lipinski definition) is 0. The second-order valence-corrected chi connectivity index (χ2v) is 15.1. The van der Waals surface area contributed by atoms with Crippen LogP contribution in [-0.4, -0.2) is 51.6 Å². The van der Waals surface area contributed by atoms with Gasteiger partial charge in [-0.25, -0.2) is 9.59 Å². The van der Waals surface area contributed by atoms with E-state index in [4.69, 9.17) is 18.9 Å². The number of esters is 2. The molecule has 4 atom stereocenters. The minimum Gasteiger partial charge on any atom is -0.462 e. The van der Waals surface area contributed by atoms with E-state index in [-0.39, 0.29) is 11.9 Å². The van der Waals surface area contributed by atoms with Crippen molar-refractivity contribution in [3.05, 3.63) is 96.1 Å². The van der Waals surface area contributed by atoms with E-state index in [2.05, 4.69) is 19.9 Å². The minimum absolute atomic E-state index is 0.239. The monoisotopic (exact) mass is 712 g/mol. The van der Waals surface area contributed by atoms with Crippen molar-refractivity contribution in [1.29, 1.82) is 0 Å². The maximum Gasteiger partial charge on any atom is 0.339 e. The van der Waals surface area contributed by atoms with Gasteiger partial charge in [0.15, 0.2) is 0 Å². The largest absolute Gasteiger partial charge is 0.462 e. The Bertz CT molecular complexity index is 1540. The Morgan fingerprint density at radius 3 is 1.38 bits per heavy atom. The molecule has 0 aliphatic heterocycles. The van der Waals surface area contributed by atoms with Crippen molar-refractivity contribution in [2.24, 2.45) is 23.7 Å². The summed E-state index contributed by atoms with van der Waals surface area (Å²) in [5, 5.41) is 4.02. The standard InChI is InChI=1S/C19H18O2.C11H14O2.2C8H16O/c1-13(2)12-21-19(20)18-16-9-5-3-7-14(16)11-15-8-4-6-10-17(15)18;1-9(2)8-13-11(12)10-6-4-3-5-7-10;2*1-7-5-3-4-6-8(7)9-2/h3-11,13H,12H2,1-2H3;3-7,9H,8H2,1-2H3;2*7-8H,3-6H2,1-2H3. The zero-order valence-electron chi connectivity index (χ0n) is 33.1. The van der Waals surface area contributed by atoms with E-state index in [1.165, 1.54) is 51.4 Å². The van der Waals surface area contributed by atoms with Crippen molar-refractivity contribution >= 4 is 33.5 Å². The zero-order valence-corrected chi connectivity index (χ0v) is 33.1. The van der Waals surface area contributed by atoms with E-state index >= 15 is 0 Å². The predicted octanol–water partition coefficient (Wildman–Crippen LogP) is 11.7. The van der Waals surface area contributed by atoms with Gasteiger partial charge in [-0.2, -0.15) is 0 Å². The van der Waals surface area contributed by atoms with E-state index in [1.54, 1.807) is 12.1 Å². The average Bonchev–Trinajstić information content (AvgIpc) is 3.16. The van der Waals surface area contributed by atoms with Crippen LogP contribution in [0.15, 0.2) is 84.9 Å². The number of carbonyl (C=O) groups excluding carboxylic acids is 2. The molecular formula is C46H64O6. The first kappa shape index (κ1) is 42.7. The van der Waals surface area contributed by atoms with Crippen molar-refractivity contribution in [2.45, 2.75) is 105 Å². The summed E-state index contributed by atoms with van der Waals surface area (Å²) in [4.78, 5) is 23.9. The number of fused-ring (bicyclic) bond motifs is 2. The van der Waals surface area contributed by atoms with Gasteiger partial charge in [-0.15, -0.1) is 0 Å². The van der Waals surface area contributed by atoms with Crippen LogP contribution in [-0.2, 0) is 18.9 Å². The molecule has 2 aliphatic rings. The van der Waals surface area contributed by atoms with E-state index < -0.39 is 0 Å². The molecule has 2 fully saturated rings. The summed E-state index contributed by atoms with van der Waals surface area (Å²) in [5.74, 6) is 1.82. The summed E-state index contributed by atoms with van der Waals surface area (Å²) in [7, 11) is 3.65. The minimum atomic E-state index is -0.241. The second kappa shape index (κ2) is 23.0. The third-order valence-electron chi connectivity index (χ3n) is 9.75. The smallest absolute Gasteiger partial charge is 0.339 e. The number of ether oxygens (including phenoxy) is 4. The lowest BCUT2D eigenvalue weighted by Crippen LogP contribution is -2.23. The van der Waals surface area contributed by atoms with Gasteiger partial charge in [0.1, 0.15) is 0 Å². The first-order valence-corrected chi connectivity index (χ1v) is 19.4. The Kier molecular flexibility index (Phi) is 18.9. The van der Waals surface area contributed by atoms with Crippen LogP contribution in [0.2, 0.25) is 0 Å². The number of hydrogen-bond acceptors (Lipinski definition) is 6. The zero-order chi connectivity index (χ0) is 37.9. The van der Waals surface area contributed by atoms with Gasteiger partial charge >= 0.3 is 11.9 Å². The molecule has 4 unspecified atom stereocenters. The van der Waals surface area contributed by atoms with Gasteiger partial charge in [0, 0.05) is 14.2 Å². The maximum atomic E-state index is 12.6. The van der Waals surface area contributed by atoms with Crippen LogP contribution in [0.1, 0.15) is 114 Å². The van der Waals surface area contributed by atoms with Crippen LogP contribution in [0.25, 0.3) is 21.5 Å². The molecule has 4 aromatic carbocycles. The summed E-state index contributed by atoms with van der Waals surface area (Å²) in [5.41, 5.74) is 1.28. The predicted molar refractivity (Wildman–Crippen MR) is 215 cm³/mol. The molecule has 0 aromatic heterocycles. The summed E-state index contributed by atoms with van der Waals surface area (Å²) in [6.07, 6.45) is 11.9. The normalized spacial score (nSPS) is 19.7. The van der Waals surface area contributed by atoms with E-state index in [1.807, 2.05) is 109 Å². The molecule has 0 heterocycles. The van der Waals surface area contributed by atoms with E-state index in [0.717, 1.165) is 33.4 Å². The molecule has 6 rings (SSSR count). The molecule has 2 aliphatic carbocycles. The number of methoxy groups -OCH3 is 2. The van der Waals surface area contributed by atoms with Gasteiger partial charge in [0.25, 0.3) is 0 Å². The Balaban J connectivity index is 0.000000202. The highest BCUT2D eigenvalue weighted by Crippen LogP contribution is 2.29. The molecule has 0 N–H and O–H groups in total. The first-order valence-electron chi connectivity index (χ1n) is 19.4. The molecule has 6 heteroatoms.